The van der Waals surface area contributed by atoms with Crippen molar-refractivity contribution in [3.63, 3.8) is 0 Å². The van der Waals surface area contributed by atoms with Gasteiger partial charge in [-0.25, -0.2) is 14.8 Å². The Bertz CT molecular complexity index is 833. The van der Waals surface area contributed by atoms with Gasteiger partial charge in [-0.3, -0.25) is 0 Å². The summed E-state index contributed by atoms with van der Waals surface area (Å²) in [7, 11) is -0.491. The zero-order chi connectivity index (χ0) is 22.5. The van der Waals surface area contributed by atoms with Crippen LogP contribution in [0.4, 0.5) is 19.0 Å². The molecule has 2 N–H and O–H groups in total. The van der Waals surface area contributed by atoms with E-state index in [4.69, 9.17) is 14.6 Å². The molecule has 2 fully saturated rings. The van der Waals surface area contributed by atoms with Crippen LogP contribution in [0, 0.1) is 5.92 Å². The number of ether oxygens (including phenoxy) is 1. The van der Waals surface area contributed by atoms with Crippen molar-refractivity contribution in [1.29, 1.82) is 0 Å². The molecule has 1 saturated carbocycles. The molecule has 2 heterocycles. The Morgan fingerprint density at radius 3 is 2.57 bits per heavy atom. The molecule has 1 aromatic heterocycles. The number of nitrogens with zero attached hydrogens (tertiary/aromatic N) is 4. The van der Waals surface area contributed by atoms with Gasteiger partial charge in [0.2, 0.25) is 0 Å². The van der Waals surface area contributed by atoms with Crippen LogP contribution in [-0.4, -0.2) is 84.6 Å². The van der Waals surface area contributed by atoms with E-state index < -0.39 is 28.4 Å². The SMILES string of the molecule is CN(C)S(=O)(=O)N1CCOCC1c1nccc(NCC2CC2)n1.O=C(O)C(F)(F)F. The van der Waals surface area contributed by atoms with Gasteiger partial charge in [0, 0.05) is 33.4 Å². The first kappa shape index (κ1) is 24.2. The fourth-order valence-corrected chi connectivity index (χ4v) is 3.68. The number of nitrogens with one attached hydrogen (secondary N) is 1. The number of aromatic nitrogens is 2. The summed E-state index contributed by atoms with van der Waals surface area (Å²) in [6.07, 6.45) is -0.904. The van der Waals surface area contributed by atoms with Crippen molar-refractivity contribution in [2.45, 2.75) is 25.1 Å². The fourth-order valence-electron chi connectivity index (χ4n) is 2.48. The first-order valence-electron chi connectivity index (χ1n) is 9.07. The Labute approximate surface area is 172 Å². The van der Waals surface area contributed by atoms with Crippen molar-refractivity contribution in [3.05, 3.63) is 18.1 Å². The predicted molar refractivity (Wildman–Crippen MR) is 99.8 cm³/mol. The lowest BCUT2D eigenvalue weighted by molar-refractivity contribution is -0.192. The topological polar surface area (TPSA) is 125 Å². The molecular weight excluding hydrogens is 431 g/mol. The quantitative estimate of drug-likeness (QED) is 0.654. The van der Waals surface area contributed by atoms with Gasteiger partial charge < -0.3 is 15.2 Å². The smallest absolute Gasteiger partial charge is 0.475 e. The summed E-state index contributed by atoms with van der Waals surface area (Å²) >= 11 is 0. The highest BCUT2D eigenvalue weighted by Gasteiger charge is 2.38. The molecule has 10 nitrogen and oxygen atoms in total. The predicted octanol–water partition coefficient (Wildman–Crippen LogP) is 1.11. The number of alkyl halides is 3. The lowest BCUT2D eigenvalue weighted by Gasteiger charge is -2.35. The van der Waals surface area contributed by atoms with E-state index in [1.165, 1.54) is 35.5 Å². The van der Waals surface area contributed by atoms with E-state index in [9.17, 15) is 21.6 Å². The van der Waals surface area contributed by atoms with Gasteiger partial charge in [0.15, 0.2) is 5.82 Å². The Balaban J connectivity index is 0.000000396. The number of anilines is 1. The van der Waals surface area contributed by atoms with Crippen LogP contribution in [0.2, 0.25) is 0 Å². The molecule has 0 amide bonds. The third-order valence-corrected chi connectivity index (χ3v) is 6.27. The number of carboxylic acid groups (broad SMARTS) is 1. The lowest BCUT2D eigenvalue weighted by atomic mass is 10.2. The highest BCUT2D eigenvalue weighted by Crippen LogP contribution is 2.29. The Morgan fingerprint density at radius 2 is 2.03 bits per heavy atom. The molecule has 170 valence electrons. The van der Waals surface area contributed by atoms with Gasteiger partial charge in [-0.1, -0.05) is 0 Å². The summed E-state index contributed by atoms with van der Waals surface area (Å²) in [5.41, 5.74) is 0. The number of hydrogen-bond donors (Lipinski definition) is 2. The van der Waals surface area contributed by atoms with Crippen LogP contribution in [0.1, 0.15) is 24.7 Å². The monoisotopic (exact) mass is 455 g/mol. The Hall–Kier alpha value is -2.03. The van der Waals surface area contributed by atoms with Gasteiger partial charge in [0.1, 0.15) is 11.9 Å². The number of aliphatic carboxylic acids is 1. The fraction of sp³-hybridized carbons (Fsp3) is 0.688. The van der Waals surface area contributed by atoms with Gasteiger partial charge in [-0.15, -0.1) is 0 Å². The van der Waals surface area contributed by atoms with Gasteiger partial charge in [-0.05, 0) is 24.8 Å². The molecule has 0 spiro atoms. The second kappa shape index (κ2) is 9.85. The van der Waals surface area contributed by atoms with E-state index in [0.29, 0.717) is 19.0 Å². The molecular formula is C16H24F3N5O5S. The molecule has 2 aliphatic rings. The van der Waals surface area contributed by atoms with Crippen LogP contribution in [0.25, 0.3) is 0 Å². The zero-order valence-electron chi connectivity index (χ0n) is 16.5. The highest BCUT2D eigenvalue weighted by molar-refractivity contribution is 7.86. The van der Waals surface area contributed by atoms with Crippen molar-refractivity contribution in [1.82, 2.24) is 18.6 Å². The van der Waals surface area contributed by atoms with Crippen LogP contribution < -0.4 is 5.32 Å². The summed E-state index contributed by atoms with van der Waals surface area (Å²) < 4.78 is 64.8. The number of carboxylic acids is 1. The summed E-state index contributed by atoms with van der Waals surface area (Å²) in [5, 5.41) is 10.4. The Morgan fingerprint density at radius 1 is 1.40 bits per heavy atom. The Kier molecular flexibility index (Phi) is 7.96. The molecule has 1 saturated heterocycles. The van der Waals surface area contributed by atoms with Gasteiger partial charge in [0.25, 0.3) is 10.2 Å². The normalized spacial score (nSPS) is 20.4. The maximum Gasteiger partial charge on any atom is 0.490 e. The van der Waals surface area contributed by atoms with Crippen LogP contribution in [0.5, 0.6) is 0 Å². The van der Waals surface area contributed by atoms with Crippen molar-refractivity contribution >= 4 is 22.0 Å². The van der Waals surface area contributed by atoms with Gasteiger partial charge in [0.05, 0.1) is 13.2 Å². The van der Waals surface area contributed by atoms with Crippen LogP contribution in [-0.2, 0) is 19.7 Å². The molecule has 0 radical (unpaired) electrons. The van der Waals surface area contributed by atoms with E-state index >= 15 is 0 Å². The number of morpholine rings is 1. The van der Waals surface area contributed by atoms with Crippen LogP contribution in [0.15, 0.2) is 12.3 Å². The van der Waals surface area contributed by atoms with Crippen molar-refractivity contribution in [2.24, 2.45) is 5.92 Å². The first-order valence-corrected chi connectivity index (χ1v) is 10.5. The van der Waals surface area contributed by atoms with E-state index in [-0.39, 0.29) is 6.61 Å². The maximum atomic E-state index is 12.5. The standard InChI is InChI=1S/C14H23N5O3S.C2HF3O2/c1-18(2)23(20,21)19-7-8-22-10-12(19)14-15-6-5-13(17-14)16-9-11-3-4-11;3-2(4,5)1(6)7/h5-6,11-12H,3-4,7-10H2,1-2H3,(H,15,16,17);(H,6,7). The second-order valence-electron chi connectivity index (χ2n) is 6.92. The summed E-state index contributed by atoms with van der Waals surface area (Å²) in [5.74, 6) is -0.824. The summed E-state index contributed by atoms with van der Waals surface area (Å²) in [6.45, 7) is 1.84. The van der Waals surface area contributed by atoms with E-state index in [1.807, 2.05) is 0 Å². The van der Waals surface area contributed by atoms with Crippen LogP contribution in [0.3, 0.4) is 0 Å². The molecule has 3 rings (SSSR count). The largest absolute Gasteiger partial charge is 0.490 e. The van der Waals surface area contributed by atoms with Crippen molar-refractivity contribution in [3.8, 4) is 0 Å². The summed E-state index contributed by atoms with van der Waals surface area (Å²) in [6, 6.07) is 1.30. The van der Waals surface area contributed by atoms with Crippen LogP contribution >= 0.6 is 0 Å². The maximum absolute atomic E-state index is 12.5. The first-order chi connectivity index (χ1) is 13.9. The number of carbonyl (C=O) groups is 1. The second-order valence-corrected chi connectivity index (χ2v) is 9.01. The average Bonchev–Trinajstić information content (AvgIpc) is 3.51. The van der Waals surface area contributed by atoms with Crippen molar-refractivity contribution in [2.75, 3.05) is 45.7 Å². The zero-order valence-corrected chi connectivity index (χ0v) is 17.3. The molecule has 1 aliphatic carbocycles. The average molecular weight is 455 g/mol. The molecule has 1 unspecified atom stereocenters. The van der Waals surface area contributed by atoms with Gasteiger partial charge >= 0.3 is 12.1 Å². The molecule has 30 heavy (non-hydrogen) atoms. The molecule has 0 bridgehead atoms. The minimum absolute atomic E-state index is 0.263. The van der Waals surface area contributed by atoms with E-state index in [1.54, 1.807) is 12.3 Å². The highest BCUT2D eigenvalue weighted by atomic mass is 32.2. The van der Waals surface area contributed by atoms with Crippen molar-refractivity contribution < 1.29 is 36.2 Å². The number of rotatable bonds is 6. The minimum Gasteiger partial charge on any atom is -0.475 e. The van der Waals surface area contributed by atoms with Gasteiger partial charge in [-0.2, -0.15) is 30.2 Å². The minimum atomic E-state index is -5.08. The lowest BCUT2D eigenvalue weighted by Crippen LogP contribution is -2.48. The van der Waals surface area contributed by atoms with E-state index in [0.717, 1.165) is 18.3 Å². The molecule has 1 aliphatic heterocycles. The molecule has 1 atom stereocenters. The number of halogens is 3. The third kappa shape index (κ3) is 6.75. The summed E-state index contributed by atoms with van der Waals surface area (Å²) in [4.78, 5) is 17.7. The van der Waals surface area contributed by atoms with E-state index in [2.05, 4.69) is 15.3 Å². The number of hydrogen-bond acceptors (Lipinski definition) is 7. The molecule has 14 heteroatoms. The third-order valence-electron chi connectivity index (χ3n) is 4.32. The molecule has 0 aromatic carbocycles. The molecule has 1 aromatic rings.